The molecule has 0 aliphatic heterocycles. The molecule has 3 N–H and O–H groups in total. The van der Waals surface area contributed by atoms with Crippen LogP contribution in [0.5, 0.6) is 5.75 Å². The predicted molar refractivity (Wildman–Crippen MR) is 93.6 cm³/mol. The first-order valence-electron chi connectivity index (χ1n) is 7.69. The van der Waals surface area contributed by atoms with Crippen molar-refractivity contribution in [3.8, 4) is 5.75 Å². The van der Waals surface area contributed by atoms with Gasteiger partial charge in [0.05, 0.1) is 0 Å². The third kappa shape index (κ3) is 3.92. The van der Waals surface area contributed by atoms with Crippen LogP contribution in [-0.2, 0) is 10.8 Å². The largest absolute Gasteiger partial charge is 0.507 e. The van der Waals surface area contributed by atoms with Crippen molar-refractivity contribution in [1.82, 2.24) is 15.2 Å². The molecule has 1 aromatic carbocycles. The molecule has 5 nitrogen and oxygen atoms in total. The van der Waals surface area contributed by atoms with Crippen LogP contribution in [0.25, 0.3) is 12.2 Å². The Morgan fingerprint density at radius 1 is 1.00 bits per heavy atom. The zero-order chi connectivity index (χ0) is 17.4. The van der Waals surface area contributed by atoms with E-state index >= 15 is 0 Å². The molecule has 0 aliphatic carbocycles. The monoisotopic (exact) mass is 315 g/mol. The highest BCUT2D eigenvalue weighted by atomic mass is 16.3. The lowest BCUT2D eigenvalue weighted by Gasteiger charge is -2.27. The van der Waals surface area contributed by atoms with E-state index in [1.54, 1.807) is 6.08 Å². The molecule has 0 unspecified atom stereocenters. The van der Waals surface area contributed by atoms with E-state index in [2.05, 4.69) is 56.7 Å². The van der Waals surface area contributed by atoms with Gasteiger partial charge in [-0.25, -0.2) is 9.89 Å². The first kappa shape index (κ1) is 17.1. The molecule has 0 amide bonds. The van der Waals surface area contributed by atoms with Crippen molar-refractivity contribution in [2.45, 2.75) is 52.4 Å². The summed E-state index contributed by atoms with van der Waals surface area (Å²) in [5.74, 6) is 0.827. The second-order valence-electron chi connectivity index (χ2n) is 7.86. The first-order chi connectivity index (χ1) is 10.5. The normalized spacial score (nSPS) is 13.0. The Bertz CT molecular complexity index is 749. The lowest BCUT2D eigenvalue weighted by Crippen LogP contribution is -2.17. The summed E-state index contributed by atoms with van der Waals surface area (Å²) in [6, 6.07) is 3.96. The maximum atomic E-state index is 11.1. The van der Waals surface area contributed by atoms with Gasteiger partial charge >= 0.3 is 5.69 Å². The fraction of sp³-hybridized carbons (Fsp3) is 0.444. The van der Waals surface area contributed by atoms with Gasteiger partial charge in [0.15, 0.2) is 5.82 Å². The summed E-state index contributed by atoms with van der Waals surface area (Å²) >= 11 is 0. The van der Waals surface area contributed by atoms with Gasteiger partial charge in [0.1, 0.15) is 5.75 Å². The maximum absolute atomic E-state index is 11.1. The van der Waals surface area contributed by atoms with Gasteiger partial charge in [0, 0.05) is 11.1 Å². The van der Waals surface area contributed by atoms with E-state index in [1.807, 2.05) is 18.2 Å². The van der Waals surface area contributed by atoms with E-state index in [0.29, 0.717) is 11.6 Å². The Morgan fingerprint density at radius 2 is 1.52 bits per heavy atom. The van der Waals surface area contributed by atoms with Gasteiger partial charge in [-0.15, -0.1) is 0 Å². The van der Waals surface area contributed by atoms with Gasteiger partial charge in [-0.1, -0.05) is 47.6 Å². The van der Waals surface area contributed by atoms with Crippen LogP contribution >= 0.6 is 0 Å². The quantitative estimate of drug-likeness (QED) is 0.792. The van der Waals surface area contributed by atoms with Crippen molar-refractivity contribution < 1.29 is 5.11 Å². The van der Waals surface area contributed by atoms with Gasteiger partial charge in [-0.05, 0) is 34.6 Å². The number of aromatic amines is 2. The molecule has 0 bridgehead atoms. The molecule has 0 fully saturated rings. The minimum absolute atomic E-state index is 0.172. The van der Waals surface area contributed by atoms with Crippen LogP contribution in [0.3, 0.4) is 0 Å². The van der Waals surface area contributed by atoms with Crippen molar-refractivity contribution in [2.24, 2.45) is 0 Å². The SMILES string of the molecule is CC(C)(C)c1cc(/C=C\c2n[nH]c(=O)[nH]2)cc(C(C)(C)C)c1O. The number of phenols is 1. The molecule has 2 aromatic rings. The summed E-state index contributed by atoms with van der Waals surface area (Å²) in [4.78, 5) is 13.7. The topological polar surface area (TPSA) is 81.8 Å². The van der Waals surface area contributed by atoms with Crippen molar-refractivity contribution in [1.29, 1.82) is 0 Å². The van der Waals surface area contributed by atoms with Crippen LogP contribution in [0.15, 0.2) is 16.9 Å². The fourth-order valence-electron chi connectivity index (χ4n) is 2.43. The van der Waals surface area contributed by atoms with E-state index in [0.717, 1.165) is 16.7 Å². The van der Waals surface area contributed by atoms with Crippen molar-refractivity contribution >= 4 is 12.2 Å². The molecular weight excluding hydrogens is 290 g/mol. The number of nitrogens with zero attached hydrogens (tertiary/aromatic N) is 1. The molecule has 0 saturated carbocycles. The predicted octanol–water partition coefficient (Wildman–Crippen LogP) is 3.57. The van der Waals surface area contributed by atoms with Gasteiger partial charge in [-0.3, -0.25) is 4.98 Å². The molecular formula is C18H25N3O2. The molecule has 124 valence electrons. The van der Waals surface area contributed by atoms with Gasteiger partial charge in [0.2, 0.25) is 0 Å². The molecule has 1 aromatic heterocycles. The Balaban J connectivity index is 2.56. The highest BCUT2D eigenvalue weighted by Gasteiger charge is 2.26. The van der Waals surface area contributed by atoms with Crippen molar-refractivity contribution in [3.63, 3.8) is 0 Å². The molecule has 1 heterocycles. The van der Waals surface area contributed by atoms with E-state index in [1.165, 1.54) is 0 Å². The standard InChI is InChI=1S/C18H25N3O2/c1-17(2,3)12-9-11(7-8-14-19-16(23)21-20-14)10-13(15(12)22)18(4,5)6/h7-10,22H,1-6H3,(H2,19,20,21,23)/b8-7-. The first-order valence-corrected chi connectivity index (χ1v) is 7.69. The van der Waals surface area contributed by atoms with E-state index < -0.39 is 0 Å². The summed E-state index contributed by atoms with van der Waals surface area (Å²) in [7, 11) is 0. The van der Waals surface area contributed by atoms with E-state index in [-0.39, 0.29) is 16.5 Å². The Kier molecular flexibility index (Phi) is 4.24. The number of nitrogens with one attached hydrogen (secondary N) is 2. The Labute approximate surface area is 136 Å². The summed E-state index contributed by atoms with van der Waals surface area (Å²) in [5, 5.41) is 16.9. The smallest absolute Gasteiger partial charge is 0.340 e. The summed E-state index contributed by atoms with van der Waals surface area (Å²) in [6.45, 7) is 12.5. The number of H-pyrrole nitrogens is 2. The van der Waals surface area contributed by atoms with Crippen molar-refractivity contribution in [3.05, 3.63) is 45.1 Å². The fourth-order valence-corrected chi connectivity index (χ4v) is 2.43. The van der Waals surface area contributed by atoms with Crippen LogP contribution in [0, 0.1) is 0 Å². The number of aromatic nitrogens is 3. The molecule has 0 atom stereocenters. The number of phenolic OH excluding ortho intramolecular Hbond substituents is 1. The lowest BCUT2D eigenvalue weighted by atomic mass is 9.78. The molecule has 0 spiro atoms. The molecule has 0 radical (unpaired) electrons. The van der Waals surface area contributed by atoms with E-state index in [9.17, 15) is 9.90 Å². The van der Waals surface area contributed by atoms with Crippen molar-refractivity contribution in [2.75, 3.05) is 0 Å². The third-order valence-electron chi connectivity index (χ3n) is 3.70. The number of hydrogen-bond donors (Lipinski definition) is 3. The number of benzene rings is 1. The molecule has 5 heteroatoms. The van der Waals surface area contributed by atoms with Gasteiger partial charge in [0.25, 0.3) is 0 Å². The highest BCUT2D eigenvalue weighted by Crippen LogP contribution is 2.40. The third-order valence-corrected chi connectivity index (χ3v) is 3.70. The van der Waals surface area contributed by atoms with Gasteiger partial charge < -0.3 is 5.11 Å². The molecule has 2 rings (SSSR count). The van der Waals surface area contributed by atoms with Crippen LogP contribution in [0.2, 0.25) is 0 Å². The Morgan fingerprint density at radius 3 is 1.91 bits per heavy atom. The molecule has 23 heavy (non-hydrogen) atoms. The van der Waals surface area contributed by atoms with Crippen LogP contribution < -0.4 is 5.69 Å². The molecule has 0 aliphatic rings. The summed E-state index contributed by atoms with van der Waals surface area (Å²) in [5.41, 5.74) is 2.09. The summed E-state index contributed by atoms with van der Waals surface area (Å²) < 4.78 is 0. The average molecular weight is 315 g/mol. The average Bonchev–Trinajstić information content (AvgIpc) is 2.80. The number of aromatic hydroxyl groups is 1. The number of rotatable bonds is 2. The highest BCUT2D eigenvalue weighted by molar-refractivity contribution is 5.69. The van der Waals surface area contributed by atoms with Crippen LogP contribution in [0.1, 0.15) is 64.1 Å². The second-order valence-corrected chi connectivity index (χ2v) is 7.86. The van der Waals surface area contributed by atoms with Crippen LogP contribution in [-0.4, -0.2) is 20.3 Å². The minimum Gasteiger partial charge on any atom is -0.507 e. The maximum Gasteiger partial charge on any atom is 0.340 e. The van der Waals surface area contributed by atoms with Gasteiger partial charge in [-0.2, -0.15) is 5.10 Å². The zero-order valence-corrected chi connectivity index (χ0v) is 14.6. The summed E-state index contributed by atoms with van der Waals surface area (Å²) in [6.07, 6.45) is 3.62. The lowest BCUT2D eigenvalue weighted by molar-refractivity contribution is 0.423. The zero-order valence-electron chi connectivity index (χ0n) is 14.6. The molecule has 0 saturated heterocycles. The minimum atomic E-state index is -0.332. The Hall–Kier alpha value is -2.30. The second kappa shape index (κ2) is 5.72. The van der Waals surface area contributed by atoms with E-state index in [4.69, 9.17) is 0 Å². The van der Waals surface area contributed by atoms with Crippen LogP contribution in [0.4, 0.5) is 0 Å². The number of hydrogen-bond acceptors (Lipinski definition) is 3.